The molecule has 2 aromatic rings. The van der Waals surface area contributed by atoms with Gasteiger partial charge in [0.2, 0.25) is 0 Å². The van der Waals surface area contributed by atoms with Crippen LogP contribution in [-0.4, -0.2) is 27.7 Å². The highest BCUT2D eigenvalue weighted by Gasteiger charge is 2.13. The number of phenols is 1. The van der Waals surface area contributed by atoms with Crippen LogP contribution in [0.25, 0.3) is 11.4 Å². The van der Waals surface area contributed by atoms with Gasteiger partial charge in [-0.2, -0.15) is 0 Å². The van der Waals surface area contributed by atoms with E-state index < -0.39 is 11.5 Å². The lowest BCUT2D eigenvalue weighted by molar-refractivity contribution is 0.0524. The zero-order valence-electron chi connectivity index (χ0n) is 10.2. The van der Waals surface area contributed by atoms with Crippen LogP contribution in [0.2, 0.25) is 0 Å². The van der Waals surface area contributed by atoms with Crippen molar-refractivity contribution in [2.45, 2.75) is 6.92 Å². The molecule has 0 aliphatic rings. The number of hydrogen-bond donors (Lipinski definition) is 2. The van der Waals surface area contributed by atoms with Crippen molar-refractivity contribution in [1.82, 2.24) is 9.97 Å². The molecule has 98 valence electrons. The first-order chi connectivity index (χ1) is 9.11. The Hall–Kier alpha value is -2.63. The van der Waals surface area contributed by atoms with Gasteiger partial charge in [-0.15, -0.1) is 0 Å². The molecule has 6 nitrogen and oxygen atoms in total. The number of phenolic OH excluding ortho intramolecular Hbond substituents is 1. The van der Waals surface area contributed by atoms with E-state index in [9.17, 15) is 14.7 Å². The molecule has 0 aliphatic carbocycles. The molecule has 0 fully saturated rings. The summed E-state index contributed by atoms with van der Waals surface area (Å²) in [6.07, 6.45) is 1.16. The Bertz CT molecular complexity index is 664. The Morgan fingerprint density at radius 1 is 1.47 bits per heavy atom. The Morgan fingerprint density at radius 3 is 2.89 bits per heavy atom. The lowest BCUT2D eigenvalue weighted by Crippen LogP contribution is -2.20. The van der Waals surface area contributed by atoms with E-state index in [1.165, 1.54) is 12.1 Å². The zero-order chi connectivity index (χ0) is 13.8. The van der Waals surface area contributed by atoms with Crippen molar-refractivity contribution in [2.24, 2.45) is 0 Å². The molecule has 6 heteroatoms. The number of nitrogens with zero attached hydrogens (tertiary/aromatic N) is 1. The Labute approximate surface area is 108 Å². The molecular weight excluding hydrogens is 248 g/mol. The number of benzene rings is 1. The SMILES string of the molecule is CCOC(=O)c1cnc(-c2cccc(O)c2)[nH]c1=O. The van der Waals surface area contributed by atoms with E-state index in [1.54, 1.807) is 19.1 Å². The average Bonchev–Trinajstić information content (AvgIpc) is 2.38. The minimum absolute atomic E-state index is 0.0645. The summed E-state index contributed by atoms with van der Waals surface area (Å²) in [7, 11) is 0. The van der Waals surface area contributed by atoms with E-state index in [4.69, 9.17) is 4.74 Å². The third-order valence-electron chi connectivity index (χ3n) is 2.41. The first kappa shape index (κ1) is 12.8. The molecule has 0 amide bonds. The third kappa shape index (κ3) is 2.79. The third-order valence-corrected chi connectivity index (χ3v) is 2.41. The molecule has 0 saturated carbocycles. The summed E-state index contributed by atoms with van der Waals surface area (Å²) in [5.41, 5.74) is -0.176. The lowest BCUT2D eigenvalue weighted by atomic mass is 10.2. The van der Waals surface area contributed by atoms with Gasteiger partial charge in [-0.05, 0) is 19.1 Å². The molecule has 0 bridgehead atoms. The van der Waals surface area contributed by atoms with Gasteiger partial charge in [0.15, 0.2) is 0 Å². The van der Waals surface area contributed by atoms with Crippen LogP contribution in [-0.2, 0) is 4.74 Å². The van der Waals surface area contributed by atoms with E-state index >= 15 is 0 Å². The predicted molar refractivity (Wildman–Crippen MR) is 67.9 cm³/mol. The predicted octanol–water partition coefficient (Wildman–Crippen LogP) is 1.32. The van der Waals surface area contributed by atoms with Gasteiger partial charge in [-0.25, -0.2) is 9.78 Å². The summed E-state index contributed by atoms with van der Waals surface area (Å²) in [6, 6.07) is 6.28. The molecule has 0 saturated heterocycles. The monoisotopic (exact) mass is 260 g/mol. The van der Waals surface area contributed by atoms with Crippen molar-refractivity contribution in [3.8, 4) is 17.1 Å². The van der Waals surface area contributed by atoms with E-state index in [0.29, 0.717) is 5.56 Å². The first-order valence-corrected chi connectivity index (χ1v) is 5.67. The molecule has 19 heavy (non-hydrogen) atoms. The summed E-state index contributed by atoms with van der Waals surface area (Å²) in [5, 5.41) is 9.36. The second-order valence-electron chi connectivity index (χ2n) is 3.75. The van der Waals surface area contributed by atoms with Gasteiger partial charge in [0.25, 0.3) is 5.56 Å². The standard InChI is InChI=1S/C13H12N2O4/c1-2-19-13(18)10-7-14-11(15-12(10)17)8-4-3-5-9(16)6-8/h3-7,16H,2H2,1H3,(H,14,15,17). The average molecular weight is 260 g/mol. The van der Waals surface area contributed by atoms with Gasteiger partial charge in [-0.1, -0.05) is 12.1 Å². The summed E-state index contributed by atoms with van der Waals surface area (Å²) >= 11 is 0. The molecule has 1 heterocycles. The summed E-state index contributed by atoms with van der Waals surface area (Å²) in [6.45, 7) is 1.84. The number of rotatable bonds is 3. The van der Waals surface area contributed by atoms with Gasteiger partial charge in [0.05, 0.1) is 6.61 Å². The number of carbonyl (C=O) groups excluding carboxylic acids is 1. The highest BCUT2D eigenvalue weighted by molar-refractivity contribution is 5.88. The number of esters is 1. The molecule has 2 N–H and O–H groups in total. The van der Waals surface area contributed by atoms with Crippen LogP contribution < -0.4 is 5.56 Å². The van der Waals surface area contributed by atoms with Crippen molar-refractivity contribution in [1.29, 1.82) is 0 Å². The van der Waals surface area contributed by atoms with Crippen molar-refractivity contribution in [2.75, 3.05) is 6.61 Å². The summed E-state index contributed by atoms with van der Waals surface area (Å²) in [4.78, 5) is 29.7. The van der Waals surface area contributed by atoms with Crippen molar-refractivity contribution < 1.29 is 14.6 Å². The van der Waals surface area contributed by atoms with Crippen molar-refractivity contribution in [3.05, 3.63) is 46.4 Å². The number of aromatic nitrogens is 2. The molecule has 0 radical (unpaired) electrons. The van der Waals surface area contributed by atoms with Crippen molar-refractivity contribution in [3.63, 3.8) is 0 Å². The number of aromatic hydroxyl groups is 1. The molecule has 1 aromatic carbocycles. The maximum atomic E-state index is 11.8. The van der Waals surface area contributed by atoms with Crippen LogP contribution in [0.1, 0.15) is 17.3 Å². The van der Waals surface area contributed by atoms with E-state index in [1.807, 2.05) is 0 Å². The molecule has 2 rings (SSSR count). The molecule has 0 unspecified atom stereocenters. The van der Waals surface area contributed by atoms with Gasteiger partial charge in [-0.3, -0.25) is 4.79 Å². The number of H-pyrrole nitrogens is 1. The number of hydrogen-bond acceptors (Lipinski definition) is 5. The zero-order valence-corrected chi connectivity index (χ0v) is 10.2. The van der Waals surface area contributed by atoms with Crippen LogP contribution in [0.3, 0.4) is 0 Å². The maximum absolute atomic E-state index is 11.8. The number of carbonyl (C=O) groups is 1. The molecular formula is C13H12N2O4. The van der Waals surface area contributed by atoms with Crippen LogP contribution in [0.5, 0.6) is 5.75 Å². The van der Waals surface area contributed by atoms with E-state index in [2.05, 4.69) is 9.97 Å². The molecule has 0 spiro atoms. The Kier molecular flexibility index (Phi) is 3.61. The highest BCUT2D eigenvalue weighted by atomic mass is 16.5. The molecule has 1 aromatic heterocycles. The minimum atomic E-state index is -0.710. The van der Waals surface area contributed by atoms with E-state index in [-0.39, 0.29) is 23.7 Å². The molecule has 0 aliphatic heterocycles. The van der Waals surface area contributed by atoms with Gasteiger partial charge < -0.3 is 14.8 Å². The summed E-state index contributed by atoms with van der Waals surface area (Å²) in [5.74, 6) is -0.373. The second-order valence-corrected chi connectivity index (χ2v) is 3.75. The lowest BCUT2D eigenvalue weighted by Gasteiger charge is -2.03. The Balaban J connectivity index is 2.39. The Morgan fingerprint density at radius 2 is 2.26 bits per heavy atom. The first-order valence-electron chi connectivity index (χ1n) is 5.67. The second kappa shape index (κ2) is 5.34. The smallest absolute Gasteiger partial charge is 0.345 e. The van der Waals surface area contributed by atoms with Crippen LogP contribution >= 0.6 is 0 Å². The fraction of sp³-hybridized carbons (Fsp3) is 0.154. The number of nitrogens with one attached hydrogen (secondary N) is 1. The number of ether oxygens (including phenoxy) is 1. The van der Waals surface area contributed by atoms with Crippen molar-refractivity contribution >= 4 is 5.97 Å². The van der Waals surface area contributed by atoms with Gasteiger partial charge in [0.1, 0.15) is 17.1 Å². The van der Waals surface area contributed by atoms with E-state index in [0.717, 1.165) is 6.20 Å². The minimum Gasteiger partial charge on any atom is -0.508 e. The largest absolute Gasteiger partial charge is 0.508 e. The maximum Gasteiger partial charge on any atom is 0.345 e. The highest BCUT2D eigenvalue weighted by Crippen LogP contribution is 2.18. The quantitative estimate of drug-likeness (QED) is 0.812. The van der Waals surface area contributed by atoms with Gasteiger partial charge >= 0.3 is 5.97 Å². The topological polar surface area (TPSA) is 92.3 Å². The van der Waals surface area contributed by atoms with Crippen LogP contribution in [0.15, 0.2) is 35.3 Å². The summed E-state index contributed by atoms with van der Waals surface area (Å²) < 4.78 is 4.73. The fourth-order valence-electron chi connectivity index (χ4n) is 1.55. The fourth-order valence-corrected chi connectivity index (χ4v) is 1.55. The van der Waals surface area contributed by atoms with Crippen LogP contribution in [0, 0.1) is 0 Å². The van der Waals surface area contributed by atoms with Crippen LogP contribution in [0.4, 0.5) is 0 Å². The number of aromatic amines is 1. The normalized spacial score (nSPS) is 10.2. The van der Waals surface area contributed by atoms with Gasteiger partial charge in [0, 0.05) is 11.8 Å². The molecule has 0 atom stereocenters.